The second kappa shape index (κ2) is 12.0. The normalized spacial score (nSPS) is 13.0. The molecule has 0 spiro atoms. The summed E-state index contributed by atoms with van der Waals surface area (Å²) in [6, 6.07) is 34.6. The van der Waals surface area contributed by atoms with Crippen LogP contribution < -0.4 is 0 Å². The van der Waals surface area contributed by atoms with Gasteiger partial charge in [0.2, 0.25) is 0 Å². The van der Waals surface area contributed by atoms with Crippen LogP contribution in [0.15, 0.2) is 97.1 Å². The standard InChI is InChI=1S/C48H54O2/c1-45(2,3)31-25-37(43(49)39(27-31)47(7,8)9)35-23-21-29-17-13-15-19-33(29)41(35)42-34-20-16-14-18-30(34)22-24-36(42)38-26-32(46(4,5)6)28-40(44(38)50)48(10,11)12/h13-28,49-50H,1-12H3. The lowest BCUT2D eigenvalue weighted by Gasteiger charge is -2.29. The third-order valence-electron chi connectivity index (χ3n) is 10.3. The molecule has 2 heteroatoms. The fourth-order valence-electron chi connectivity index (χ4n) is 7.22. The van der Waals surface area contributed by atoms with Crippen molar-refractivity contribution in [2.45, 2.75) is 105 Å². The number of fused-ring (bicyclic) bond motifs is 2. The van der Waals surface area contributed by atoms with Crippen LogP contribution in [0.3, 0.4) is 0 Å². The largest absolute Gasteiger partial charge is 0.507 e. The Morgan fingerprint density at radius 1 is 0.360 bits per heavy atom. The summed E-state index contributed by atoms with van der Waals surface area (Å²) in [5.41, 5.74) is 9.10. The Hall–Kier alpha value is -4.56. The first kappa shape index (κ1) is 35.3. The summed E-state index contributed by atoms with van der Waals surface area (Å²) in [7, 11) is 0. The zero-order chi connectivity index (χ0) is 36.6. The van der Waals surface area contributed by atoms with Crippen molar-refractivity contribution in [3.05, 3.63) is 119 Å². The highest BCUT2D eigenvalue weighted by molar-refractivity contribution is 6.15. The van der Waals surface area contributed by atoms with Gasteiger partial charge in [-0.15, -0.1) is 0 Å². The van der Waals surface area contributed by atoms with Crippen LogP contribution in [-0.4, -0.2) is 10.2 Å². The molecule has 258 valence electrons. The predicted molar refractivity (Wildman–Crippen MR) is 216 cm³/mol. The molecule has 6 aromatic rings. The van der Waals surface area contributed by atoms with Crippen molar-refractivity contribution in [1.82, 2.24) is 0 Å². The van der Waals surface area contributed by atoms with E-state index >= 15 is 0 Å². The second-order valence-corrected chi connectivity index (χ2v) is 18.3. The van der Waals surface area contributed by atoms with Crippen LogP contribution in [0.5, 0.6) is 11.5 Å². The average Bonchev–Trinajstić information content (AvgIpc) is 3.02. The van der Waals surface area contributed by atoms with Crippen LogP contribution >= 0.6 is 0 Å². The fraction of sp³-hybridized carbons (Fsp3) is 0.333. The topological polar surface area (TPSA) is 40.5 Å². The lowest BCUT2D eigenvalue weighted by atomic mass is 9.75. The molecule has 0 aromatic heterocycles. The Balaban J connectivity index is 1.85. The van der Waals surface area contributed by atoms with E-state index in [1.54, 1.807) is 0 Å². The molecule has 0 fully saturated rings. The lowest BCUT2D eigenvalue weighted by Crippen LogP contribution is -2.17. The molecule has 0 amide bonds. The van der Waals surface area contributed by atoms with Gasteiger partial charge in [-0.3, -0.25) is 0 Å². The SMILES string of the molecule is CC(C)(C)c1cc(-c2ccc3ccccc3c2-c2c(-c3cc(C(C)(C)C)cc(C(C)(C)C)c3O)ccc3ccccc23)c(O)c(C(C)(C)C)c1. The van der Waals surface area contributed by atoms with E-state index < -0.39 is 0 Å². The fourth-order valence-corrected chi connectivity index (χ4v) is 7.22. The number of hydrogen-bond acceptors (Lipinski definition) is 2. The Kier molecular flexibility index (Phi) is 8.50. The predicted octanol–water partition coefficient (Wildman–Crippen LogP) is 13.6. The van der Waals surface area contributed by atoms with E-state index in [2.05, 4.69) is 180 Å². The minimum absolute atomic E-state index is 0.132. The van der Waals surface area contributed by atoms with Crippen molar-refractivity contribution in [3.63, 3.8) is 0 Å². The monoisotopic (exact) mass is 662 g/mol. The quantitative estimate of drug-likeness (QED) is 0.198. The highest BCUT2D eigenvalue weighted by Crippen LogP contribution is 2.52. The van der Waals surface area contributed by atoms with Gasteiger partial charge in [-0.25, -0.2) is 0 Å². The molecule has 0 aliphatic carbocycles. The maximum Gasteiger partial charge on any atom is 0.127 e. The summed E-state index contributed by atoms with van der Waals surface area (Å²) >= 11 is 0. The molecule has 0 aliphatic heterocycles. The molecular formula is C48H54O2. The van der Waals surface area contributed by atoms with Crippen LogP contribution in [0.25, 0.3) is 54.9 Å². The lowest BCUT2D eigenvalue weighted by molar-refractivity contribution is 0.446. The maximum absolute atomic E-state index is 12.3. The van der Waals surface area contributed by atoms with E-state index in [4.69, 9.17) is 0 Å². The molecular weight excluding hydrogens is 609 g/mol. The van der Waals surface area contributed by atoms with Gasteiger partial charge in [-0.2, -0.15) is 0 Å². The molecule has 2 nitrogen and oxygen atoms in total. The van der Waals surface area contributed by atoms with E-state index in [9.17, 15) is 10.2 Å². The van der Waals surface area contributed by atoms with Crippen LogP contribution in [0, 0.1) is 0 Å². The number of benzene rings is 6. The average molecular weight is 663 g/mol. The molecule has 0 heterocycles. The summed E-state index contributed by atoms with van der Waals surface area (Å²) in [6.07, 6.45) is 0. The molecule has 50 heavy (non-hydrogen) atoms. The minimum Gasteiger partial charge on any atom is -0.507 e. The maximum atomic E-state index is 12.3. The molecule has 6 rings (SSSR count). The van der Waals surface area contributed by atoms with Gasteiger partial charge >= 0.3 is 0 Å². The Labute approximate surface area is 299 Å². The van der Waals surface area contributed by atoms with Crippen molar-refractivity contribution < 1.29 is 10.2 Å². The molecule has 0 atom stereocenters. The molecule has 0 bridgehead atoms. The first-order valence-corrected chi connectivity index (χ1v) is 18.0. The Morgan fingerprint density at radius 2 is 0.700 bits per heavy atom. The Morgan fingerprint density at radius 3 is 1.02 bits per heavy atom. The molecule has 2 N–H and O–H groups in total. The molecule has 0 radical (unpaired) electrons. The summed E-state index contributed by atoms with van der Waals surface area (Å²) in [6.45, 7) is 26.4. The van der Waals surface area contributed by atoms with E-state index in [-0.39, 0.29) is 21.7 Å². The van der Waals surface area contributed by atoms with E-state index in [1.165, 1.54) is 11.1 Å². The number of hydrogen-bond donors (Lipinski definition) is 2. The van der Waals surface area contributed by atoms with E-state index in [0.717, 1.165) is 66.1 Å². The number of phenols is 2. The smallest absolute Gasteiger partial charge is 0.127 e. The molecule has 0 saturated heterocycles. The summed E-state index contributed by atoms with van der Waals surface area (Å²) < 4.78 is 0. The second-order valence-electron chi connectivity index (χ2n) is 18.3. The van der Waals surface area contributed by atoms with Gasteiger partial charge in [0.15, 0.2) is 0 Å². The summed E-state index contributed by atoms with van der Waals surface area (Å²) in [5, 5.41) is 29.0. The number of phenolic OH excluding ortho intramolecular Hbond substituents is 2. The van der Waals surface area contributed by atoms with Crippen molar-refractivity contribution in [3.8, 4) is 44.9 Å². The molecule has 0 saturated carbocycles. The third kappa shape index (κ3) is 6.30. The van der Waals surface area contributed by atoms with Crippen molar-refractivity contribution in [2.24, 2.45) is 0 Å². The number of aromatic hydroxyl groups is 2. The van der Waals surface area contributed by atoms with Gasteiger partial charge in [0.25, 0.3) is 0 Å². The van der Waals surface area contributed by atoms with Crippen molar-refractivity contribution in [2.75, 3.05) is 0 Å². The van der Waals surface area contributed by atoms with Gasteiger partial charge in [-0.1, -0.05) is 168 Å². The van der Waals surface area contributed by atoms with Crippen molar-refractivity contribution in [1.29, 1.82) is 0 Å². The van der Waals surface area contributed by atoms with Gasteiger partial charge in [0.05, 0.1) is 0 Å². The van der Waals surface area contributed by atoms with Crippen LogP contribution in [0.2, 0.25) is 0 Å². The first-order valence-electron chi connectivity index (χ1n) is 18.0. The third-order valence-corrected chi connectivity index (χ3v) is 10.3. The highest BCUT2D eigenvalue weighted by Gasteiger charge is 2.30. The first-order chi connectivity index (χ1) is 23.2. The Bertz CT molecular complexity index is 2090. The van der Waals surface area contributed by atoms with E-state index in [0.29, 0.717) is 11.5 Å². The highest BCUT2D eigenvalue weighted by atomic mass is 16.3. The van der Waals surface area contributed by atoms with Gasteiger partial charge < -0.3 is 10.2 Å². The minimum atomic E-state index is -0.274. The van der Waals surface area contributed by atoms with Gasteiger partial charge in [-0.05, 0) is 88.7 Å². The molecule has 6 aromatic carbocycles. The molecule has 0 unspecified atom stereocenters. The summed E-state index contributed by atoms with van der Waals surface area (Å²) in [4.78, 5) is 0. The van der Waals surface area contributed by atoms with Crippen LogP contribution in [0.1, 0.15) is 105 Å². The van der Waals surface area contributed by atoms with Gasteiger partial charge in [0.1, 0.15) is 11.5 Å². The van der Waals surface area contributed by atoms with Crippen molar-refractivity contribution >= 4 is 21.5 Å². The van der Waals surface area contributed by atoms with Crippen LogP contribution in [0.4, 0.5) is 0 Å². The molecule has 0 aliphatic rings. The van der Waals surface area contributed by atoms with Gasteiger partial charge in [0, 0.05) is 22.3 Å². The summed E-state index contributed by atoms with van der Waals surface area (Å²) in [5.74, 6) is 0.632. The zero-order valence-corrected chi connectivity index (χ0v) is 32.1. The number of rotatable bonds is 3. The van der Waals surface area contributed by atoms with Crippen LogP contribution in [-0.2, 0) is 21.7 Å². The zero-order valence-electron chi connectivity index (χ0n) is 32.1. The van der Waals surface area contributed by atoms with E-state index in [1.807, 2.05) is 0 Å².